The maximum absolute atomic E-state index is 12.3. The highest BCUT2D eigenvalue weighted by molar-refractivity contribution is 5.97. The van der Waals surface area contributed by atoms with Crippen LogP contribution in [0.2, 0.25) is 0 Å². The van der Waals surface area contributed by atoms with E-state index in [2.05, 4.69) is 5.32 Å². The molecule has 1 N–H and O–H groups in total. The van der Waals surface area contributed by atoms with Crippen molar-refractivity contribution in [3.63, 3.8) is 0 Å². The van der Waals surface area contributed by atoms with Gasteiger partial charge in [0, 0.05) is 0 Å². The van der Waals surface area contributed by atoms with Gasteiger partial charge in [-0.05, 0) is 31.5 Å². The van der Waals surface area contributed by atoms with E-state index in [4.69, 9.17) is 4.74 Å². The SMILES string of the molecule is COc1ccccc1C(=O)N[C@@H](C)c1ccc(C)cc1. The van der Waals surface area contributed by atoms with Crippen LogP contribution in [0.25, 0.3) is 0 Å². The van der Waals surface area contributed by atoms with Gasteiger partial charge in [0.2, 0.25) is 0 Å². The molecule has 20 heavy (non-hydrogen) atoms. The Hall–Kier alpha value is -2.29. The largest absolute Gasteiger partial charge is 0.496 e. The number of aryl methyl sites for hydroxylation is 1. The number of hydrogen-bond acceptors (Lipinski definition) is 2. The number of carbonyl (C=O) groups is 1. The number of rotatable bonds is 4. The summed E-state index contributed by atoms with van der Waals surface area (Å²) in [6.45, 7) is 4.01. The highest BCUT2D eigenvalue weighted by Gasteiger charge is 2.14. The van der Waals surface area contributed by atoms with Crippen LogP contribution in [0, 0.1) is 6.92 Å². The zero-order valence-electron chi connectivity index (χ0n) is 12.0. The lowest BCUT2D eigenvalue weighted by atomic mass is 10.1. The minimum atomic E-state index is -0.129. The van der Waals surface area contributed by atoms with Crippen LogP contribution in [0.3, 0.4) is 0 Å². The van der Waals surface area contributed by atoms with Crippen LogP contribution >= 0.6 is 0 Å². The van der Waals surface area contributed by atoms with E-state index in [1.807, 2.05) is 50.2 Å². The number of carbonyl (C=O) groups excluding carboxylic acids is 1. The first-order valence-electron chi connectivity index (χ1n) is 6.62. The van der Waals surface area contributed by atoms with E-state index in [-0.39, 0.29) is 11.9 Å². The lowest BCUT2D eigenvalue weighted by molar-refractivity contribution is 0.0937. The van der Waals surface area contributed by atoms with Crippen molar-refractivity contribution in [1.29, 1.82) is 0 Å². The van der Waals surface area contributed by atoms with Gasteiger partial charge in [-0.25, -0.2) is 0 Å². The standard InChI is InChI=1S/C17H19NO2/c1-12-8-10-14(11-9-12)13(2)18-17(19)15-6-4-5-7-16(15)20-3/h4-11,13H,1-3H3,(H,18,19)/t13-/m0/s1. The molecule has 2 aromatic rings. The third-order valence-electron chi connectivity index (χ3n) is 3.28. The van der Waals surface area contributed by atoms with Crippen molar-refractivity contribution in [3.05, 3.63) is 65.2 Å². The Labute approximate surface area is 119 Å². The summed E-state index contributed by atoms with van der Waals surface area (Å²) >= 11 is 0. The zero-order valence-corrected chi connectivity index (χ0v) is 12.0. The summed E-state index contributed by atoms with van der Waals surface area (Å²) in [5, 5.41) is 2.99. The highest BCUT2D eigenvalue weighted by atomic mass is 16.5. The lowest BCUT2D eigenvalue weighted by Gasteiger charge is -2.16. The molecule has 0 unspecified atom stereocenters. The molecular weight excluding hydrogens is 250 g/mol. The van der Waals surface area contributed by atoms with Gasteiger partial charge in [-0.1, -0.05) is 42.0 Å². The van der Waals surface area contributed by atoms with Gasteiger partial charge in [-0.2, -0.15) is 0 Å². The average Bonchev–Trinajstić information content (AvgIpc) is 2.47. The molecule has 0 saturated carbocycles. The molecule has 0 bridgehead atoms. The summed E-state index contributed by atoms with van der Waals surface area (Å²) in [7, 11) is 1.56. The molecule has 2 rings (SSSR count). The normalized spacial score (nSPS) is 11.8. The van der Waals surface area contributed by atoms with Gasteiger partial charge in [0.15, 0.2) is 0 Å². The maximum atomic E-state index is 12.3. The molecule has 0 heterocycles. The molecule has 1 amide bonds. The van der Waals surface area contributed by atoms with Crippen LogP contribution in [0.4, 0.5) is 0 Å². The van der Waals surface area contributed by atoms with Crippen molar-refractivity contribution in [3.8, 4) is 5.75 Å². The first-order chi connectivity index (χ1) is 9.61. The van der Waals surface area contributed by atoms with Crippen molar-refractivity contribution in [1.82, 2.24) is 5.32 Å². The van der Waals surface area contributed by atoms with Gasteiger partial charge >= 0.3 is 0 Å². The van der Waals surface area contributed by atoms with Gasteiger partial charge < -0.3 is 10.1 Å². The van der Waals surface area contributed by atoms with Crippen molar-refractivity contribution in [2.75, 3.05) is 7.11 Å². The summed E-state index contributed by atoms with van der Waals surface area (Å²) in [6.07, 6.45) is 0. The van der Waals surface area contributed by atoms with Crippen LogP contribution in [-0.4, -0.2) is 13.0 Å². The number of para-hydroxylation sites is 1. The summed E-state index contributed by atoms with van der Waals surface area (Å²) in [5.74, 6) is 0.455. The van der Waals surface area contributed by atoms with Gasteiger partial charge in [0.1, 0.15) is 5.75 Å². The van der Waals surface area contributed by atoms with E-state index in [9.17, 15) is 4.79 Å². The maximum Gasteiger partial charge on any atom is 0.255 e. The van der Waals surface area contributed by atoms with Crippen molar-refractivity contribution >= 4 is 5.91 Å². The molecular formula is C17H19NO2. The fraction of sp³-hybridized carbons (Fsp3) is 0.235. The Balaban J connectivity index is 2.13. The minimum absolute atomic E-state index is 0.0481. The van der Waals surface area contributed by atoms with Crippen LogP contribution in [0.15, 0.2) is 48.5 Å². The first kappa shape index (κ1) is 14.1. The summed E-state index contributed by atoms with van der Waals surface area (Å²) in [6, 6.07) is 15.3. The molecule has 0 aromatic heterocycles. The quantitative estimate of drug-likeness (QED) is 0.922. The molecule has 0 spiro atoms. The van der Waals surface area contributed by atoms with Gasteiger partial charge in [-0.3, -0.25) is 4.79 Å². The van der Waals surface area contributed by atoms with E-state index < -0.39 is 0 Å². The molecule has 0 aliphatic rings. The summed E-state index contributed by atoms with van der Waals surface area (Å²) < 4.78 is 5.21. The molecule has 2 aromatic carbocycles. The molecule has 0 aliphatic carbocycles. The Morgan fingerprint density at radius 1 is 1.10 bits per heavy atom. The molecule has 3 heteroatoms. The smallest absolute Gasteiger partial charge is 0.255 e. The van der Waals surface area contributed by atoms with Crippen LogP contribution in [0.5, 0.6) is 5.75 Å². The second-order valence-electron chi connectivity index (χ2n) is 4.81. The highest BCUT2D eigenvalue weighted by Crippen LogP contribution is 2.19. The Kier molecular flexibility index (Phi) is 4.41. The molecule has 3 nitrogen and oxygen atoms in total. The second-order valence-corrected chi connectivity index (χ2v) is 4.81. The topological polar surface area (TPSA) is 38.3 Å². The fourth-order valence-electron chi connectivity index (χ4n) is 2.05. The van der Waals surface area contributed by atoms with Gasteiger partial charge in [0.05, 0.1) is 18.7 Å². The van der Waals surface area contributed by atoms with Crippen LogP contribution < -0.4 is 10.1 Å². The third-order valence-corrected chi connectivity index (χ3v) is 3.28. The van der Waals surface area contributed by atoms with Crippen molar-refractivity contribution in [2.24, 2.45) is 0 Å². The third kappa shape index (κ3) is 3.18. The summed E-state index contributed by atoms with van der Waals surface area (Å²) in [5.41, 5.74) is 2.84. The molecule has 0 fully saturated rings. The Morgan fingerprint density at radius 3 is 2.40 bits per heavy atom. The van der Waals surface area contributed by atoms with E-state index in [0.717, 1.165) is 5.56 Å². The predicted molar refractivity (Wildman–Crippen MR) is 80.1 cm³/mol. The van der Waals surface area contributed by atoms with Crippen LogP contribution in [0.1, 0.15) is 34.5 Å². The molecule has 1 atom stereocenters. The Morgan fingerprint density at radius 2 is 1.75 bits per heavy atom. The number of amides is 1. The lowest BCUT2D eigenvalue weighted by Crippen LogP contribution is -2.27. The Bertz CT molecular complexity index is 590. The van der Waals surface area contributed by atoms with E-state index in [0.29, 0.717) is 11.3 Å². The molecule has 0 radical (unpaired) electrons. The number of nitrogens with one attached hydrogen (secondary N) is 1. The molecule has 104 valence electrons. The van der Waals surface area contributed by atoms with Gasteiger partial charge in [-0.15, -0.1) is 0 Å². The molecule has 0 aliphatic heterocycles. The second kappa shape index (κ2) is 6.24. The first-order valence-corrected chi connectivity index (χ1v) is 6.62. The number of benzene rings is 2. The monoisotopic (exact) mass is 269 g/mol. The summed E-state index contributed by atoms with van der Waals surface area (Å²) in [4.78, 5) is 12.3. The average molecular weight is 269 g/mol. The fourth-order valence-corrected chi connectivity index (χ4v) is 2.05. The number of ether oxygens (including phenoxy) is 1. The van der Waals surface area contributed by atoms with E-state index in [1.165, 1.54) is 5.56 Å². The van der Waals surface area contributed by atoms with Crippen molar-refractivity contribution < 1.29 is 9.53 Å². The van der Waals surface area contributed by atoms with Crippen LogP contribution in [-0.2, 0) is 0 Å². The van der Waals surface area contributed by atoms with Gasteiger partial charge in [0.25, 0.3) is 5.91 Å². The number of hydrogen-bond donors (Lipinski definition) is 1. The van der Waals surface area contributed by atoms with E-state index in [1.54, 1.807) is 19.2 Å². The minimum Gasteiger partial charge on any atom is -0.496 e. The number of methoxy groups -OCH3 is 1. The predicted octanol–water partition coefficient (Wildman–Crippen LogP) is 3.49. The molecule has 0 saturated heterocycles. The van der Waals surface area contributed by atoms with Crippen molar-refractivity contribution in [2.45, 2.75) is 19.9 Å². The van der Waals surface area contributed by atoms with E-state index >= 15 is 0 Å². The zero-order chi connectivity index (χ0) is 14.5.